The molecule has 0 radical (unpaired) electrons. The van der Waals surface area contributed by atoms with Gasteiger partial charge in [-0.15, -0.1) is 0 Å². The molecule has 0 saturated carbocycles. The van der Waals surface area contributed by atoms with Crippen molar-refractivity contribution in [2.45, 2.75) is 83.4 Å². The van der Waals surface area contributed by atoms with Crippen molar-refractivity contribution < 1.29 is 14.3 Å². The normalized spacial score (nSPS) is 24.6. The molecule has 34 heavy (non-hydrogen) atoms. The second kappa shape index (κ2) is 10.7. The highest BCUT2D eigenvalue weighted by atomic mass is 16.6. The summed E-state index contributed by atoms with van der Waals surface area (Å²) >= 11 is 0. The van der Waals surface area contributed by atoms with Crippen molar-refractivity contribution in [3.63, 3.8) is 0 Å². The number of aryl methyl sites for hydroxylation is 1. The van der Waals surface area contributed by atoms with Gasteiger partial charge in [0.25, 0.3) is 0 Å². The third kappa shape index (κ3) is 4.83. The molecule has 1 saturated heterocycles. The fourth-order valence-corrected chi connectivity index (χ4v) is 6.08. The summed E-state index contributed by atoms with van der Waals surface area (Å²) in [4.78, 5) is 15.4. The number of hydrogen-bond donors (Lipinski definition) is 0. The highest BCUT2D eigenvalue weighted by molar-refractivity contribution is 5.99. The Kier molecular flexibility index (Phi) is 7.40. The zero-order valence-electron chi connectivity index (χ0n) is 20.9. The van der Waals surface area contributed by atoms with E-state index in [1.807, 2.05) is 0 Å². The van der Waals surface area contributed by atoms with Crippen molar-refractivity contribution in [3.8, 4) is 0 Å². The lowest BCUT2D eigenvalue weighted by atomic mass is 9.80. The summed E-state index contributed by atoms with van der Waals surface area (Å²) in [5.41, 5.74) is 5.39. The Balaban J connectivity index is 1.35. The smallest absolute Gasteiger partial charge is 0.314 e. The standard InChI is InChI=1S/C29H40N2O3/c1-3-4-5-6-7-8-14-31-19-21-17-27-25(24-12-9-13-26(31)28(21)24)16-22(18-30(27)2)29(32)34-23-11-10-15-33-20-23/h9,12-13,16,19,22-23,27H,3-8,10-11,14-15,17-18,20H2,1-2H3/t22-,23?,27-/m1/s1. The van der Waals surface area contributed by atoms with Gasteiger partial charge in [-0.3, -0.25) is 9.69 Å². The molecule has 3 aliphatic rings. The van der Waals surface area contributed by atoms with Crippen molar-refractivity contribution in [1.29, 1.82) is 0 Å². The highest BCUT2D eigenvalue weighted by Gasteiger charge is 2.37. The van der Waals surface area contributed by atoms with Crippen LogP contribution in [0.25, 0.3) is 16.5 Å². The fraction of sp³-hybridized carbons (Fsp3) is 0.621. The van der Waals surface area contributed by atoms with Gasteiger partial charge in [-0.25, -0.2) is 0 Å². The molecular weight excluding hydrogens is 424 g/mol. The second-order valence-electron chi connectivity index (χ2n) is 10.5. The summed E-state index contributed by atoms with van der Waals surface area (Å²) in [6, 6.07) is 7.02. The van der Waals surface area contributed by atoms with Gasteiger partial charge in [0.1, 0.15) is 6.10 Å². The fourth-order valence-electron chi connectivity index (χ4n) is 6.08. The molecule has 0 amide bonds. The molecule has 0 spiro atoms. The van der Waals surface area contributed by atoms with Crippen LogP contribution in [0.1, 0.15) is 69.4 Å². The van der Waals surface area contributed by atoms with Crippen LogP contribution in [0.2, 0.25) is 0 Å². The van der Waals surface area contributed by atoms with Crippen LogP contribution in [0.4, 0.5) is 0 Å². The SMILES string of the molecule is CCCCCCCCn1cc2c3c(cccc31)C1=C[C@@H](C(=O)OC3CCCOC3)CN(C)[C@@H]1C2. The molecule has 2 aromatic rings. The number of esters is 1. The Hall–Kier alpha value is -2.11. The van der Waals surface area contributed by atoms with Crippen molar-refractivity contribution in [2.24, 2.45) is 5.92 Å². The minimum absolute atomic E-state index is 0.0972. The lowest BCUT2D eigenvalue weighted by Crippen LogP contribution is -2.45. The van der Waals surface area contributed by atoms with E-state index in [0.29, 0.717) is 19.2 Å². The molecule has 5 heteroatoms. The zero-order chi connectivity index (χ0) is 23.5. The van der Waals surface area contributed by atoms with Gasteiger partial charge in [-0.1, -0.05) is 57.2 Å². The number of hydrogen-bond acceptors (Lipinski definition) is 4. The second-order valence-corrected chi connectivity index (χ2v) is 10.5. The van der Waals surface area contributed by atoms with E-state index in [0.717, 1.165) is 32.4 Å². The first-order valence-corrected chi connectivity index (χ1v) is 13.5. The Morgan fingerprint density at radius 2 is 2.03 bits per heavy atom. The van der Waals surface area contributed by atoms with Gasteiger partial charge in [0.15, 0.2) is 0 Å². The summed E-state index contributed by atoms with van der Waals surface area (Å²) in [6.45, 7) is 5.38. The van der Waals surface area contributed by atoms with Gasteiger partial charge in [0.05, 0.1) is 12.5 Å². The molecule has 1 unspecified atom stereocenters. The monoisotopic (exact) mass is 464 g/mol. The zero-order valence-corrected chi connectivity index (χ0v) is 20.9. The Bertz CT molecular complexity index is 1030. The van der Waals surface area contributed by atoms with Gasteiger partial charge < -0.3 is 14.0 Å². The maximum Gasteiger partial charge on any atom is 0.314 e. The summed E-state index contributed by atoms with van der Waals surface area (Å²) < 4.78 is 13.8. The highest BCUT2D eigenvalue weighted by Crippen LogP contribution is 2.42. The van der Waals surface area contributed by atoms with E-state index in [9.17, 15) is 4.79 Å². The lowest BCUT2D eigenvalue weighted by molar-refractivity contribution is -0.159. The summed E-state index contributed by atoms with van der Waals surface area (Å²) in [6.07, 6.45) is 15.3. The minimum Gasteiger partial charge on any atom is -0.459 e. The van der Waals surface area contributed by atoms with Crippen LogP contribution in [-0.2, 0) is 27.2 Å². The van der Waals surface area contributed by atoms with E-state index in [1.54, 1.807) is 0 Å². The molecule has 1 aromatic carbocycles. The van der Waals surface area contributed by atoms with Crippen molar-refractivity contribution >= 4 is 22.4 Å². The van der Waals surface area contributed by atoms with Crippen molar-refractivity contribution in [3.05, 3.63) is 41.6 Å². The molecule has 0 bridgehead atoms. The first kappa shape index (κ1) is 23.6. The lowest BCUT2D eigenvalue weighted by Gasteiger charge is -2.39. The predicted octanol–water partition coefficient (Wildman–Crippen LogP) is 5.59. The van der Waals surface area contributed by atoms with Crippen LogP contribution in [0.3, 0.4) is 0 Å². The Morgan fingerprint density at radius 3 is 2.85 bits per heavy atom. The van der Waals surface area contributed by atoms with Crippen LogP contribution in [0.5, 0.6) is 0 Å². The van der Waals surface area contributed by atoms with Gasteiger partial charge >= 0.3 is 5.97 Å². The van der Waals surface area contributed by atoms with Crippen molar-refractivity contribution in [1.82, 2.24) is 9.47 Å². The van der Waals surface area contributed by atoms with E-state index in [1.165, 1.54) is 66.1 Å². The number of carbonyl (C=O) groups is 1. The molecule has 1 fully saturated rings. The molecule has 1 aromatic heterocycles. The van der Waals surface area contributed by atoms with Crippen LogP contribution < -0.4 is 0 Å². The first-order chi connectivity index (χ1) is 16.7. The molecular formula is C29H40N2O3. The summed E-state index contributed by atoms with van der Waals surface area (Å²) in [5.74, 6) is -0.327. The maximum atomic E-state index is 13.0. The topological polar surface area (TPSA) is 43.7 Å². The van der Waals surface area contributed by atoms with Crippen LogP contribution in [-0.4, -0.2) is 54.4 Å². The molecule has 3 heterocycles. The average molecular weight is 465 g/mol. The summed E-state index contributed by atoms with van der Waals surface area (Å²) in [7, 11) is 2.15. The number of nitrogens with zero attached hydrogens (tertiary/aromatic N) is 2. The molecule has 0 N–H and O–H groups in total. The first-order valence-electron chi connectivity index (χ1n) is 13.5. The van der Waals surface area contributed by atoms with E-state index in [4.69, 9.17) is 9.47 Å². The van der Waals surface area contributed by atoms with Crippen molar-refractivity contribution in [2.75, 3.05) is 26.8 Å². The number of fused-ring (bicyclic) bond motifs is 2. The van der Waals surface area contributed by atoms with Crippen LogP contribution in [0.15, 0.2) is 30.5 Å². The number of ether oxygens (including phenoxy) is 2. The number of unbranched alkanes of at least 4 members (excludes halogenated alkanes) is 5. The van der Waals surface area contributed by atoms with E-state index in [-0.39, 0.29) is 18.0 Å². The van der Waals surface area contributed by atoms with E-state index < -0.39 is 0 Å². The molecule has 184 valence electrons. The molecule has 3 atom stereocenters. The quantitative estimate of drug-likeness (QED) is 0.358. The van der Waals surface area contributed by atoms with E-state index in [2.05, 4.69) is 53.9 Å². The maximum absolute atomic E-state index is 13.0. The Labute approximate surface area is 204 Å². The van der Waals surface area contributed by atoms with Crippen LogP contribution >= 0.6 is 0 Å². The van der Waals surface area contributed by atoms with Gasteiger partial charge in [0.2, 0.25) is 0 Å². The number of benzene rings is 1. The average Bonchev–Trinajstić information content (AvgIpc) is 3.21. The van der Waals surface area contributed by atoms with Gasteiger partial charge in [-0.2, -0.15) is 0 Å². The number of carbonyl (C=O) groups excluding carboxylic acids is 1. The third-order valence-electron chi connectivity index (χ3n) is 7.92. The molecule has 1 aliphatic carbocycles. The van der Waals surface area contributed by atoms with Gasteiger partial charge in [0, 0.05) is 42.8 Å². The Morgan fingerprint density at radius 1 is 1.18 bits per heavy atom. The number of aromatic nitrogens is 1. The number of rotatable bonds is 9. The molecule has 5 rings (SSSR count). The minimum atomic E-state index is -0.222. The predicted molar refractivity (Wildman–Crippen MR) is 137 cm³/mol. The molecule has 5 nitrogen and oxygen atoms in total. The van der Waals surface area contributed by atoms with E-state index >= 15 is 0 Å². The van der Waals surface area contributed by atoms with Gasteiger partial charge in [-0.05, 0) is 55.5 Å². The third-order valence-corrected chi connectivity index (χ3v) is 7.92. The molecule has 2 aliphatic heterocycles. The largest absolute Gasteiger partial charge is 0.459 e. The number of likely N-dealkylation sites (N-methyl/N-ethyl adjacent to an activating group) is 1. The van der Waals surface area contributed by atoms with Crippen LogP contribution in [0, 0.1) is 5.92 Å². The summed E-state index contributed by atoms with van der Waals surface area (Å²) in [5, 5.41) is 1.39.